The molecule has 0 unspecified atom stereocenters. The second-order valence-corrected chi connectivity index (χ2v) is 3.31. The van der Waals surface area contributed by atoms with Gasteiger partial charge < -0.3 is 4.42 Å². The summed E-state index contributed by atoms with van der Waals surface area (Å²) >= 11 is 5.90. The van der Waals surface area contributed by atoms with E-state index in [9.17, 15) is 0 Å². The van der Waals surface area contributed by atoms with Crippen molar-refractivity contribution in [2.75, 3.05) is 0 Å². The zero-order valence-electron chi connectivity index (χ0n) is 7.07. The van der Waals surface area contributed by atoms with Crippen LogP contribution in [0.4, 0.5) is 0 Å². The summed E-state index contributed by atoms with van der Waals surface area (Å²) in [6, 6.07) is 3.68. The molecule has 0 N–H and O–H groups in total. The van der Waals surface area contributed by atoms with Crippen LogP contribution in [0.15, 0.2) is 35.1 Å². The lowest BCUT2D eigenvalue weighted by atomic mass is 10.2. The molecule has 0 saturated carbocycles. The molecule has 0 aliphatic heterocycles. The molecule has 0 aromatic carbocycles. The Bertz CT molecular complexity index is 618. The topological polar surface area (TPSA) is 38.9 Å². The monoisotopic (exact) mass is 204 g/mol. The fraction of sp³-hybridized carbons (Fsp3) is 0. The van der Waals surface area contributed by atoms with Crippen LogP contribution in [-0.2, 0) is 0 Å². The van der Waals surface area contributed by atoms with Crippen molar-refractivity contribution in [2.45, 2.75) is 0 Å². The number of nitrogens with zero attached hydrogens (tertiary/aromatic N) is 2. The Morgan fingerprint density at radius 2 is 2.07 bits per heavy atom. The Morgan fingerprint density at radius 3 is 3.00 bits per heavy atom. The van der Waals surface area contributed by atoms with Crippen LogP contribution in [-0.4, -0.2) is 9.97 Å². The molecule has 3 nitrogen and oxygen atoms in total. The van der Waals surface area contributed by atoms with Crippen molar-refractivity contribution in [3.05, 3.63) is 35.9 Å². The van der Waals surface area contributed by atoms with E-state index in [2.05, 4.69) is 9.97 Å². The Kier molecular flexibility index (Phi) is 1.49. The zero-order chi connectivity index (χ0) is 9.54. The Hall–Kier alpha value is -1.61. The van der Waals surface area contributed by atoms with Crippen LogP contribution in [0.3, 0.4) is 0 Å². The van der Waals surface area contributed by atoms with Crippen molar-refractivity contribution in [1.82, 2.24) is 9.97 Å². The summed E-state index contributed by atoms with van der Waals surface area (Å²) < 4.78 is 5.55. The van der Waals surface area contributed by atoms with E-state index in [1.165, 1.54) is 0 Å². The minimum Gasteiger partial charge on any atom is -0.453 e. The van der Waals surface area contributed by atoms with Crippen molar-refractivity contribution in [3.8, 4) is 0 Å². The lowest BCUT2D eigenvalue weighted by Crippen LogP contribution is -1.73. The number of furan rings is 1. The normalized spacial score (nSPS) is 11.2. The summed E-state index contributed by atoms with van der Waals surface area (Å²) in [5, 5.41) is 2.30. The maximum Gasteiger partial charge on any atom is 0.172 e. The van der Waals surface area contributed by atoms with Crippen LogP contribution in [0.1, 0.15) is 0 Å². The van der Waals surface area contributed by atoms with Gasteiger partial charge in [-0.3, -0.25) is 4.98 Å². The molecule has 3 heterocycles. The van der Waals surface area contributed by atoms with Gasteiger partial charge in [0.1, 0.15) is 5.58 Å². The van der Waals surface area contributed by atoms with E-state index >= 15 is 0 Å². The number of fused-ring (bicyclic) bond motifs is 3. The van der Waals surface area contributed by atoms with Gasteiger partial charge in [-0.25, -0.2) is 4.98 Å². The van der Waals surface area contributed by atoms with Crippen molar-refractivity contribution < 1.29 is 4.42 Å². The van der Waals surface area contributed by atoms with Gasteiger partial charge in [0.05, 0.1) is 0 Å². The summed E-state index contributed by atoms with van der Waals surface area (Å²) in [6.45, 7) is 0. The van der Waals surface area contributed by atoms with Crippen LogP contribution in [0.2, 0.25) is 5.15 Å². The summed E-state index contributed by atoms with van der Waals surface area (Å²) in [5.74, 6) is 0. The molecule has 0 bridgehead atoms. The third-order valence-corrected chi connectivity index (χ3v) is 2.41. The average molecular weight is 205 g/mol. The number of hydrogen-bond donors (Lipinski definition) is 0. The zero-order valence-corrected chi connectivity index (χ0v) is 7.82. The third kappa shape index (κ3) is 0.930. The van der Waals surface area contributed by atoms with Gasteiger partial charge in [-0.15, -0.1) is 0 Å². The van der Waals surface area contributed by atoms with E-state index in [4.69, 9.17) is 16.0 Å². The first kappa shape index (κ1) is 7.76. The number of aromatic nitrogens is 2. The smallest absolute Gasteiger partial charge is 0.172 e. The van der Waals surface area contributed by atoms with Gasteiger partial charge in [-0.2, -0.15) is 0 Å². The minimum absolute atomic E-state index is 0.388. The number of halogens is 1. The van der Waals surface area contributed by atoms with Crippen molar-refractivity contribution >= 4 is 33.5 Å². The standard InChI is InChI=1S/C10H5ClN2O/c11-10-9-6(1-4-13-10)7-5-12-3-2-8(7)14-9/h1-5H. The van der Waals surface area contributed by atoms with E-state index < -0.39 is 0 Å². The van der Waals surface area contributed by atoms with Crippen LogP contribution in [0.25, 0.3) is 21.9 Å². The van der Waals surface area contributed by atoms with E-state index in [1.54, 1.807) is 18.6 Å². The highest BCUT2D eigenvalue weighted by Gasteiger charge is 2.09. The predicted molar refractivity (Wildman–Crippen MR) is 54.3 cm³/mol. The molecule has 0 fully saturated rings. The molecule has 14 heavy (non-hydrogen) atoms. The van der Waals surface area contributed by atoms with Crippen LogP contribution >= 0.6 is 11.6 Å². The SMILES string of the molecule is Clc1nccc2c1oc1ccncc12. The van der Waals surface area contributed by atoms with Crippen LogP contribution < -0.4 is 0 Å². The third-order valence-electron chi connectivity index (χ3n) is 2.14. The molecule has 0 radical (unpaired) electrons. The van der Waals surface area contributed by atoms with Crippen molar-refractivity contribution in [1.29, 1.82) is 0 Å². The maximum atomic E-state index is 5.90. The first-order valence-electron chi connectivity index (χ1n) is 4.13. The largest absolute Gasteiger partial charge is 0.453 e. The Labute approximate surface area is 84.3 Å². The molecular weight excluding hydrogens is 200 g/mol. The first-order chi connectivity index (χ1) is 6.86. The van der Waals surface area contributed by atoms with E-state index in [0.29, 0.717) is 10.7 Å². The molecule has 0 spiro atoms. The van der Waals surface area contributed by atoms with E-state index in [-0.39, 0.29) is 0 Å². The van der Waals surface area contributed by atoms with E-state index in [1.807, 2.05) is 12.1 Å². The van der Waals surface area contributed by atoms with Gasteiger partial charge in [0.25, 0.3) is 0 Å². The fourth-order valence-electron chi connectivity index (χ4n) is 1.51. The molecule has 0 aliphatic carbocycles. The second kappa shape index (κ2) is 2.69. The molecular formula is C10H5ClN2O. The summed E-state index contributed by atoms with van der Waals surface area (Å²) in [5.41, 5.74) is 1.40. The number of hydrogen-bond acceptors (Lipinski definition) is 3. The Morgan fingerprint density at radius 1 is 1.14 bits per heavy atom. The minimum atomic E-state index is 0.388. The lowest BCUT2D eigenvalue weighted by Gasteiger charge is -1.88. The second-order valence-electron chi connectivity index (χ2n) is 2.95. The van der Waals surface area contributed by atoms with Gasteiger partial charge >= 0.3 is 0 Å². The molecule has 3 rings (SSSR count). The molecule has 3 aromatic heterocycles. The highest BCUT2D eigenvalue weighted by atomic mass is 35.5. The summed E-state index contributed by atoms with van der Waals surface area (Å²) in [4.78, 5) is 8.00. The highest BCUT2D eigenvalue weighted by molar-refractivity contribution is 6.34. The predicted octanol–water partition coefficient (Wildman–Crippen LogP) is 3.03. The van der Waals surface area contributed by atoms with Gasteiger partial charge in [0.15, 0.2) is 10.7 Å². The molecule has 68 valence electrons. The van der Waals surface area contributed by atoms with Gasteiger partial charge in [-0.1, -0.05) is 11.6 Å². The average Bonchev–Trinajstić information content (AvgIpc) is 2.59. The molecule has 4 heteroatoms. The number of pyridine rings is 2. The van der Waals surface area contributed by atoms with Gasteiger partial charge in [0.2, 0.25) is 0 Å². The van der Waals surface area contributed by atoms with E-state index in [0.717, 1.165) is 16.4 Å². The van der Waals surface area contributed by atoms with Gasteiger partial charge in [0, 0.05) is 29.4 Å². The molecule has 0 amide bonds. The molecule has 0 saturated heterocycles. The molecule has 0 aliphatic rings. The quantitative estimate of drug-likeness (QED) is 0.529. The molecule has 0 atom stereocenters. The number of rotatable bonds is 0. The first-order valence-corrected chi connectivity index (χ1v) is 4.51. The lowest BCUT2D eigenvalue weighted by molar-refractivity contribution is 0.666. The van der Waals surface area contributed by atoms with Crippen molar-refractivity contribution in [3.63, 3.8) is 0 Å². The maximum absolute atomic E-state index is 5.90. The van der Waals surface area contributed by atoms with Gasteiger partial charge in [-0.05, 0) is 12.1 Å². The molecule has 3 aromatic rings. The van der Waals surface area contributed by atoms with Crippen molar-refractivity contribution in [2.24, 2.45) is 0 Å². The van der Waals surface area contributed by atoms with Crippen LogP contribution in [0, 0.1) is 0 Å². The van der Waals surface area contributed by atoms with Crippen LogP contribution in [0.5, 0.6) is 0 Å². The summed E-state index contributed by atoms with van der Waals surface area (Å²) in [6.07, 6.45) is 5.11. The highest BCUT2D eigenvalue weighted by Crippen LogP contribution is 2.30. The Balaban J connectivity index is 2.63. The fourth-order valence-corrected chi connectivity index (χ4v) is 1.71. The summed E-state index contributed by atoms with van der Waals surface area (Å²) in [7, 11) is 0.